The number of hydrogen-bond acceptors (Lipinski definition) is 4. The number of carbonyl (C=O) groups is 3. The first-order chi connectivity index (χ1) is 16.7. The molecule has 8 nitrogen and oxygen atoms in total. The fourth-order valence-electron chi connectivity index (χ4n) is 4.90. The molecule has 35 heavy (non-hydrogen) atoms. The Morgan fingerprint density at radius 2 is 1.89 bits per heavy atom. The van der Waals surface area contributed by atoms with Crippen LogP contribution in [0.4, 0.5) is 8.78 Å². The lowest BCUT2D eigenvalue weighted by molar-refractivity contribution is -0.125. The quantitative estimate of drug-likeness (QED) is 0.458. The molecule has 1 aromatic carbocycles. The summed E-state index contributed by atoms with van der Waals surface area (Å²) in [5, 5.41) is 18.5. The predicted molar refractivity (Wildman–Crippen MR) is 124 cm³/mol. The molecule has 4 rings (SSSR count). The van der Waals surface area contributed by atoms with Gasteiger partial charge in [-0.2, -0.15) is 5.26 Å². The maximum Gasteiger partial charge on any atom is 0.268 e. The first-order valence-corrected chi connectivity index (χ1v) is 12.0. The highest BCUT2D eigenvalue weighted by Crippen LogP contribution is 2.38. The number of nitrogens with zero attached hydrogens (tertiary/aromatic N) is 1. The number of H-pyrrole nitrogens is 1. The Hall–Kier alpha value is -3.48. The van der Waals surface area contributed by atoms with E-state index in [1.165, 1.54) is 0 Å². The number of para-hydroxylation sites is 1. The Morgan fingerprint density at radius 3 is 2.54 bits per heavy atom. The summed E-state index contributed by atoms with van der Waals surface area (Å²) in [5.41, 5.74) is 1.05. The highest BCUT2D eigenvalue weighted by atomic mass is 19.3. The van der Waals surface area contributed by atoms with Gasteiger partial charge in [-0.1, -0.05) is 18.2 Å². The van der Waals surface area contributed by atoms with E-state index in [1.54, 1.807) is 6.07 Å². The number of fused-ring (bicyclic) bond motifs is 1. The highest BCUT2D eigenvalue weighted by Gasteiger charge is 2.37. The zero-order valence-corrected chi connectivity index (χ0v) is 19.3. The molecule has 186 valence electrons. The second kappa shape index (κ2) is 10.4. The number of nitrogens with one attached hydrogen (secondary N) is 4. The zero-order valence-electron chi connectivity index (χ0n) is 19.3. The molecule has 1 aromatic heterocycles. The smallest absolute Gasteiger partial charge is 0.268 e. The highest BCUT2D eigenvalue weighted by molar-refractivity contribution is 6.00. The van der Waals surface area contributed by atoms with E-state index in [2.05, 4.69) is 20.9 Å². The molecule has 2 heterocycles. The Balaban J connectivity index is 1.46. The molecule has 1 saturated heterocycles. The van der Waals surface area contributed by atoms with Crippen LogP contribution in [0.1, 0.15) is 55.4 Å². The summed E-state index contributed by atoms with van der Waals surface area (Å²) in [7, 11) is 0. The molecular formula is C25H29F2N5O3. The van der Waals surface area contributed by atoms with Crippen molar-refractivity contribution in [3.8, 4) is 6.07 Å². The third-order valence-electron chi connectivity index (χ3n) is 6.96. The van der Waals surface area contributed by atoms with E-state index in [4.69, 9.17) is 0 Å². The average Bonchev–Trinajstić information content (AvgIpc) is 3.45. The van der Waals surface area contributed by atoms with Gasteiger partial charge in [0.2, 0.25) is 17.7 Å². The number of nitriles is 1. The van der Waals surface area contributed by atoms with Crippen LogP contribution in [-0.4, -0.2) is 47.3 Å². The Kier molecular flexibility index (Phi) is 7.34. The number of aromatic nitrogens is 1. The number of benzene rings is 1. The number of rotatable bonds is 8. The summed E-state index contributed by atoms with van der Waals surface area (Å²) in [4.78, 5) is 41.1. The molecule has 4 N–H and O–H groups in total. The van der Waals surface area contributed by atoms with Gasteiger partial charge in [0, 0.05) is 36.2 Å². The minimum absolute atomic E-state index is 0.147. The van der Waals surface area contributed by atoms with Gasteiger partial charge >= 0.3 is 0 Å². The number of aromatic amines is 1. The Labute approximate surface area is 201 Å². The van der Waals surface area contributed by atoms with Gasteiger partial charge < -0.3 is 20.9 Å². The molecule has 3 amide bonds. The third kappa shape index (κ3) is 6.15. The van der Waals surface area contributed by atoms with Crippen molar-refractivity contribution in [3.63, 3.8) is 0 Å². The van der Waals surface area contributed by atoms with E-state index >= 15 is 0 Å². The lowest BCUT2D eigenvalue weighted by atomic mass is 9.82. The monoisotopic (exact) mass is 485 g/mol. The van der Waals surface area contributed by atoms with E-state index < -0.39 is 29.8 Å². The Morgan fingerprint density at radius 1 is 1.14 bits per heavy atom. The number of alkyl halides is 2. The topological polar surface area (TPSA) is 127 Å². The van der Waals surface area contributed by atoms with Crippen molar-refractivity contribution in [2.45, 2.75) is 63.0 Å². The summed E-state index contributed by atoms with van der Waals surface area (Å²) < 4.78 is 27.3. The second-order valence-electron chi connectivity index (χ2n) is 9.53. The van der Waals surface area contributed by atoms with E-state index in [9.17, 15) is 28.4 Å². The van der Waals surface area contributed by atoms with Gasteiger partial charge in [-0.05, 0) is 50.2 Å². The van der Waals surface area contributed by atoms with Crippen molar-refractivity contribution in [2.24, 2.45) is 11.8 Å². The average molecular weight is 486 g/mol. The summed E-state index contributed by atoms with van der Waals surface area (Å²) >= 11 is 0. The molecule has 2 fully saturated rings. The van der Waals surface area contributed by atoms with Crippen LogP contribution in [0.5, 0.6) is 0 Å². The van der Waals surface area contributed by atoms with Crippen LogP contribution in [0.2, 0.25) is 0 Å². The van der Waals surface area contributed by atoms with Crippen LogP contribution >= 0.6 is 0 Å². The van der Waals surface area contributed by atoms with E-state index in [0.29, 0.717) is 13.0 Å². The van der Waals surface area contributed by atoms with Gasteiger partial charge in [0.05, 0.1) is 6.07 Å². The summed E-state index contributed by atoms with van der Waals surface area (Å²) in [5.74, 6) is -4.42. The van der Waals surface area contributed by atoms with Crippen molar-refractivity contribution in [1.82, 2.24) is 20.9 Å². The molecule has 1 saturated carbocycles. The molecule has 0 spiro atoms. The number of halogens is 2. The summed E-state index contributed by atoms with van der Waals surface area (Å²) in [6, 6.07) is 9.16. The maximum atomic E-state index is 13.6. The summed E-state index contributed by atoms with van der Waals surface area (Å²) in [6.45, 7) is 0.533. The zero-order chi connectivity index (χ0) is 25.0. The minimum atomic E-state index is -2.70. The van der Waals surface area contributed by atoms with Gasteiger partial charge in [0.15, 0.2) is 0 Å². The normalized spacial score (nSPS) is 21.6. The SMILES string of the molecule is N#C[C@H](C[C@@H]1CCNC1=O)NC(=O)[C@H](CC1CCC(F)(F)CC1)NC(=O)c1cc2ccccc2[nH]1. The molecule has 1 aliphatic heterocycles. The van der Waals surface area contributed by atoms with Crippen molar-refractivity contribution in [2.75, 3.05) is 6.54 Å². The molecule has 0 unspecified atom stereocenters. The van der Waals surface area contributed by atoms with Crippen molar-refractivity contribution >= 4 is 28.6 Å². The largest absolute Gasteiger partial charge is 0.356 e. The number of amides is 3. The van der Waals surface area contributed by atoms with Gasteiger partial charge in [0.25, 0.3) is 5.91 Å². The Bertz CT molecular complexity index is 1100. The van der Waals surface area contributed by atoms with E-state index in [-0.39, 0.29) is 62.0 Å². The fourth-order valence-corrected chi connectivity index (χ4v) is 4.90. The van der Waals surface area contributed by atoms with Crippen molar-refractivity contribution < 1.29 is 23.2 Å². The van der Waals surface area contributed by atoms with E-state index in [0.717, 1.165) is 10.9 Å². The van der Waals surface area contributed by atoms with Gasteiger partial charge in [-0.25, -0.2) is 8.78 Å². The lowest BCUT2D eigenvalue weighted by Crippen LogP contribution is -2.51. The summed E-state index contributed by atoms with van der Waals surface area (Å²) in [6.07, 6.45) is 0.956. The molecule has 1 aliphatic carbocycles. The molecule has 2 aromatic rings. The maximum absolute atomic E-state index is 13.6. The van der Waals surface area contributed by atoms with Gasteiger partial charge in [-0.15, -0.1) is 0 Å². The van der Waals surface area contributed by atoms with Crippen LogP contribution in [-0.2, 0) is 9.59 Å². The first kappa shape index (κ1) is 24.6. The molecule has 2 aliphatic rings. The van der Waals surface area contributed by atoms with Crippen LogP contribution in [0.25, 0.3) is 10.9 Å². The third-order valence-corrected chi connectivity index (χ3v) is 6.96. The van der Waals surface area contributed by atoms with Crippen LogP contribution in [0.3, 0.4) is 0 Å². The van der Waals surface area contributed by atoms with Gasteiger partial charge in [0.1, 0.15) is 17.8 Å². The predicted octanol–water partition coefficient (Wildman–Crippen LogP) is 3.02. The van der Waals surface area contributed by atoms with Crippen LogP contribution < -0.4 is 16.0 Å². The van der Waals surface area contributed by atoms with E-state index in [1.807, 2.05) is 30.3 Å². The van der Waals surface area contributed by atoms with Crippen LogP contribution in [0, 0.1) is 23.2 Å². The van der Waals surface area contributed by atoms with Gasteiger partial charge in [-0.3, -0.25) is 14.4 Å². The fraction of sp³-hybridized carbons (Fsp3) is 0.520. The molecule has 0 radical (unpaired) electrons. The number of hydrogen-bond donors (Lipinski definition) is 4. The van der Waals surface area contributed by atoms with Crippen molar-refractivity contribution in [1.29, 1.82) is 5.26 Å². The minimum Gasteiger partial charge on any atom is -0.356 e. The molecule has 3 atom stereocenters. The molecule has 10 heteroatoms. The van der Waals surface area contributed by atoms with Crippen molar-refractivity contribution in [3.05, 3.63) is 36.0 Å². The van der Waals surface area contributed by atoms with Crippen LogP contribution in [0.15, 0.2) is 30.3 Å². The second-order valence-corrected chi connectivity index (χ2v) is 9.53. The molecular weight excluding hydrogens is 456 g/mol. The number of carbonyl (C=O) groups excluding carboxylic acids is 3. The first-order valence-electron chi connectivity index (χ1n) is 12.0. The molecule has 0 bridgehead atoms. The standard InChI is InChI=1S/C25H29F2N5O3/c26-25(27)8-5-15(6-9-25)11-20(23(34)30-18(14-28)12-17-7-10-29-22(17)33)32-24(35)21-13-16-3-1-2-4-19(16)31-21/h1-4,13,15,17-18,20,31H,5-12H2,(H,29,33)(H,30,34)(H,32,35)/t17-,18-,20-/m0/s1. The lowest BCUT2D eigenvalue weighted by Gasteiger charge is -2.31.